The van der Waals surface area contributed by atoms with E-state index in [2.05, 4.69) is 46.8 Å². The third-order valence-corrected chi connectivity index (χ3v) is 9.26. The Balaban J connectivity index is 1.53. The van der Waals surface area contributed by atoms with Crippen molar-refractivity contribution in [2.45, 2.75) is 98.2 Å². The zero-order valence-corrected chi connectivity index (χ0v) is 18.8. The quantitative estimate of drug-likeness (QED) is 0.601. The summed E-state index contributed by atoms with van der Waals surface area (Å²) in [5.74, 6) is 2.85. The first-order valence-electron chi connectivity index (χ1n) is 12.0. The summed E-state index contributed by atoms with van der Waals surface area (Å²) in [6.07, 6.45) is 14.6. The highest BCUT2D eigenvalue weighted by Crippen LogP contribution is 2.65. The molecule has 0 amide bonds. The van der Waals surface area contributed by atoms with Gasteiger partial charge in [-0.2, -0.15) is 0 Å². The maximum Gasteiger partial charge on any atom is 0.0580 e. The molecule has 1 N–H and O–H groups in total. The second-order valence-electron chi connectivity index (χ2n) is 11.3. The van der Waals surface area contributed by atoms with Crippen LogP contribution in [0.4, 0.5) is 0 Å². The van der Waals surface area contributed by atoms with E-state index in [0.717, 1.165) is 37.7 Å². The Morgan fingerprint density at radius 3 is 2.57 bits per heavy atom. The van der Waals surface area contributed by atoms with E-state index >= 15 is 0 Å². The summed E-state index contributed by atoms with van der Waals surface area (Å²) in [6.45, 7) is 12.9. The Hall–Kier alpha value is -0.600. The molecule has 158 valence electrons. The van der Waals surface area contributed by atoms with Gasteiger partial charge in [-0.05, 0) is 92.8 Å². The Morgan fingerprint density at radius 2 is 1.82 bits per heavy atom. The SMILES string of the molecule is CC(C)CCO[C@@H](C)[C@H]1CC[C@H]2C3=CC=C4C[C@@H](O)CC[C@]4(C)[C@H]3CC[C@]12C. The van der Waals surface area contributed by atoms with Crippen molar-refractivity contribution in [3.63, 3.8) is 0 Å². The van der Waals surface area contributed by atoms with Crippen molar-refractivity contribution in [3.8, 4) is 0 Å². The van der Waals surface area contributed by atoms with Gasteiger partial charge in [0.05, 0.1) is 12.2 Å². The number of aliphatic hydroxyl groups excluding tert-OH is 1. The van der Waals surface area contributed by atoms with Crippen molar-refractivity contribution in [2.24, 2.45) is 34.5 Å². The fourth-order valence-corrected chi connectivity index (χ4v) is 7.40. The minimum atomic E-state index is -0.122. The maximum atomic E-state index is 10.2. The molecule has 4 aliphatic rings. The van der Waals surface area contributed by atoms with Gasteiger partial charge in [0.1, 0.15) is 0 Å². The van der Waals surface area contributed by atoms with Gasteiger partial charge in [0, 0.05) is 6.61 Å². The molecule has 4 aliphatic carbocycles. The molecule has 0 radical (unpaired) electrons. The van der Waals surface area contributed by atoms with Crippen molar-refractivity contribution < 1.29 is 9.84 Å². The molecule has 0 bridgehead atoms. The van der Waals surface area contributed by atoms with Crippen molar-refractivity contribution >= 4 is 0 Å². The van der Waals surface area contributed by atoms with Crippen LogP contribution in [-0.2, 0) is 4.74 Å². The molecular weight excluding hydrogens is 344 g/mol. The number of aliphatic hydroxyl groups is 1. The zero-order valence-electron chi connectivity index (χ0n) is 18.8. The topological polar surface area (TPSA) is 29.5 Å². The molecule has 0 heterocycles. The Bertz CT molecular complexity index is 647. The molecule has 0 unspecified atom stereocenters. The molecule has 0 aromatic heterocycles. The first-order valence-corrected chi connectivity index (χ1v) is 12.0. The molecule has 2 heteroatoms. The van der Waals surface area contributed by atoms with Crippen LogP contribution in [0.3, 0.4) is 0 Å². The number of hydrogen-bond acceptors (Lipinski definition) is 2. The first-order chi connectivity index (χ1) is 13.3. The van der Waals surface area contributed by atoms with Crippen molar-refractivity contribution in [2.75, 3.05) is 6.61 Å². The third-order valence-electron chi connectivity index (χ3n) is 9.26. The summed E-state index contributed by atoms with van der Waals surface area (Å²) in [6, 6.07) is 0. The second-order valence-corrected chi connectivity index (χ2v) is 11.3. The van der Waals surface area contributed by atoms with Crippen molar-refractivity contribution in [3.05, 3.63) is 23.3 Å². The van der Waals surface area contributed by atoms with Gasteiger partial charge in [-0.15, -0.1) is 0 Å². The van der Waals surface area contributed by atoms with Crippen LogP contribution >= 0.6 is 0 Å². The van der Waals surface area contributed by atoms with Crippen LogP contribution in [0.2, 0.25) is 0 Å². The van der Waals surface area contributed by atoms with Crippen LogP contribution in [0.15, 0.2) is 23.3 Å². The zero-order chi connectivity index (χ0) is 20.1. The molecule has 0 spiro atoms. The van der Waals surface area contributed by atoms with E-state index in [9.17, 15) is 5.11 Å². The molecule has 7 atom stereocenters. The largest absolute Gasteiger partial charge is 0.393 e. The van der Waals surface area contributed by atoms with Gasteiger partial charge in [-0.1, -0.05) is 51.0 Å². The number of fused-ring (bicyclic) bond motifs is 5. The number of ether oxygens (including phenoxy) is 1. The summed E-state index contributed by atoms with van der Waals surface area (Å²) in [7, 11) is 0. The van der Waals surface area contributed by atoms with E-state index in [4.69, 9.17) is 4.74 Å². The molecule has 28 heavy (non-hydrogen) atoms. The monoisotopic (exact) mass is 386 g/mol. The molecule has 0 aromatic rings. The van der Waals surface area contributed by atoms with E-state index in [1.54, 1.807) is 5.57 Å². The first kappa shape index (κ1) is 20.7. The van der Waals surface area contributed by atoms with Crippen LogP contribution in [0.5, 0.6) is 0 Å². The minimum Gasteiger partial charge on any atom is -0.393 e. The van der Waals surface area contributed by atoms with E-state index in [1.807, 2.05) is 0 Å². The smallest absolute Gasteiger partial charge is 0.0580 e. The highest BCUT2D eigenvalue weighted by molar-refractivity contribution is 5.38. The molecule has 3 fully saturated rings. The Kier molecular flexibility index (Phi) is 5.59. The molecule has 0 aromatic carbocycles. The average molecular weight is 387 g/mol. The van der Waals surface area contributed by atoms with E-state index < -0.39 is 0 Å². The van der Waals surface area contributed by atoms with Gasteiger partial charge in [-0.3, -0.25) is 0 Å². The lowest BCUT2D eigenvalue weighted by Crippen LogP contribution is -2.47. The van der Waals surface area contributed by atoms with E-state index in [1.165, 1.54) is 37.7 Å². The Morgan fingerprint density at radius 1 is 1.04 bits per heavy atom. The lowest BCUT2D eigenvalue weighted by Gasteiger charge is -2.55. The van der Waals surface area contributed by atoms with E-state index in [-0.39, 0.29) is 6.10 Å². The van der Waals surface area contributed by atoms with Gasteiger partial charge in [0.25, 0.3) is 0 Å². The summed E-state index contributed by atoms with van der Waals surface area (Å²) in [4.78, 5) is 0. The van der Waals surface area contributed by atoms with Gasteiger partial charge in [0.2, 0.25) is 0 Å². The number of hydrogen-bond donors (Lipinski definition) is 1. The molecule has 3 saturated carbocycles. The van der Waals surface area contributed by atoms with Gasteiger partial charge >= 0.3 is 0 Å². The molecule has 2 nitrogen and oxygen atoms in total. The second kappa shape index (κ2) is 7.58. The summed E-state index contributed by atoms with van der Waals surface area (Å²) in [5, 5.41) is 10.2. The number of allylic oxidation sites excluding steroid dienone is 3. The maximum absolute atomic E-state index is 10.2. The third kappa shape index (κ3) is 3.33. The normalized spacial score (nSPS) is 43.7. The lowest BCUT2D eigenvalue weighted by atomic mass is 9.50. The highest BCUT2D eigenvalue weighted by Gasteiger charge is 2.57. The predicted molar refractivity (Wildman–Crippen MR) is 116 cm³/mol. The van der Waals surface area contributed by atoms with Crippen LogP contribution in [-0.4, -0.2) is 23.9 Å². The number of rotatable bonds is 5. The fraction of sp³-hybridized carbons (Fsp3) is 0.846. The summed E-state index contributed by atoms with van der Waals surface area (Å²) in [5.41, 5.74) is 3.95. The predicted octanol–water partition coefficient (Wildman–Crippen LogP) is 6.30. The standard InChI is InChI=1S/C26H42O2/c1-17(2)12-15-28-18(3)22-8-9-23-21-7-6-19-16-20(27)10-13-25(19,4)24(21)11-14-26(22,23)5/h6-7,17-18,20,22-24,27H,8-16H2,1-5H3/t18-,20-,22+,23-,24-,25-,26+/m0/s1. The molecule has 0 aliphatic heterocycles. The average Bonchev–Trinajstić information content (AvgIpc) is 2.99. The highest BCUT2D eigenvalue weighted by atomic mass is 16.5. The van der Waals surface area contributed by atoms with Gasteiger partial charge in [-0.25, -0.2) is 0 Å². The molecule has 4 rings (SSSR count). The van der Waals surface area contributed by atoms with Crippen molar-refractivity contribution in [1.29, 1.82) is 0 Å². The molecular formula is C26H42O2. The van der Waals surface area contributed by atoms with Crippen LogP contribution in [0.25, 0.3) is 0 Å². The minimum absolute atomic E-state index is 0.122. The Labute approximate surface area is 172 Å². The van der Waals surface area contributed by atoms with Crippen LogP contribution in [0, 0.1) is 34.5 Å². The van der Waals surface area contributed by atoms with Crippen molar-refractivity contribution in [1.82, 2.24) is 0 Å². The fourth-order valence-electron chi connectivity index (χ4n) is 7.40. The summed E-state index contributed by atoms with van der Waals surface area (Å²) < 4.78 is 6.35. The molecule has 0 saturated heterocycles. The van der Waals surface area contributed by atoms with Crippen LogP contribution < -0.4 is 0 Å². The van der Waals surface area contributed by atoms with Gasteiger partial charge in [0.15, 0.2) is 0 Å². The lowest BCUT2D eigenvalue weighted by molar-refractivity contribution is -0.0374. The summed E-state index contributed by atoms with van der Waals surface area (Å²) >= 11 is 0. The van der Waals surface area contributed by atoms with Crippen LogP contribution in [0.1, 0.15) is 86.0 Å². The van der Waals surface area contributed by atoms with Gasteiger partial charge < -0.3 is 9.84 Å². The van der Waals surface area contributed by atoms with E-state index in [0.29, 0.717) is 28.8 Å².